The summed E-state index contributed by atoms with van der Waals surface area (Å²) >= 11 is 0. The Bertz CT molecular complexity index is 475. The van der Waals surface area contributed by atoms with Crippen LogP contribution < -0.4 is 10.6 Å². The van der Waals surface area contributed by atoms with Crippen LogP contribution in [0.25, 0.3) is 0 Å². The first-order chi connectivity index (χ1) is 10.7. The largest absolute Gasteiger partial charge is 0.381 e. The smallest absolute Gasteiger partial charge is 0.252 e. The number of amides is 1. The van der Waals surface area contributed by atoms with Crippen molar-refractivity contribution in [1.82, 2.24) is 15.2 Å². The van der Waals surface area contributed by atoms with Crippen molar-refractivity contribution in [1.29, 1.82) is 0 Å². The number of hydrogen-bond acceptors (Lipinski definition) is 5. The number of hydrogen-bond donors (Lipinski definition) is 2. The van der Waals surface area contributed by atoms with Crippen LogP contribution in [0.4, 0.5) is 5.69 Å². The quantitative estimate of drug-likeness (QED) is 0.796. The predicted octanol–water partition coefficient (Wildman–Crippen LogP) is 1.35. The highest BCUT2D eigenvalue weighted by Gasteiger charge is 2.11. The number of carbonyl (C=O) groups excluding carboxylic acids is 1. The van der Waals surface area contributed by atoms with Gasteiger partial charge in [-0.1, -0.05) is 6.92 Å². The lowest BCUT2D eigenvalue weighted by Crippen LogP contribution is -2.41. The Labute approximate surface area is 132 Å². The lowest BCUT2D eigenvalue weighted by molar-refractivity contribution is 0.0383. The van der Waals surface area contributed by atoms with Gasteiger partial charge >= 0.3 is 0 Å². The number of nitrogens with one attached hydrogen (secondary N) is 2. The fraction of sp³-hybridized carbons (Fsp3) is 0.625. The number of ether oxygens (including phenoxy) is 1. The van der Waals surface area contributed by atoms with Gasteiger partial charge in [0, 0.05) is 44.6 Å². The molecule has 22 heavy (non-hydrogen) atoms. The van der Waals surface area contributed by atoms with Gasteiger partial charge in [-0.3, -0.25) is 14.7 Å². The van der Waals surface area contributed by atoms with Gasteiger partial charge in [0.25, 0.3) is 5.91 Å². The van der Waals surface area contributed by atoms with Crippen LogP contribution in [0.15, 0.2) is 18.5 Å². The van der Waals surface area contributed by atoms with Crippen LogP contribution in [0.1, 0.15) is 30.6 Å². The Morgan fingerprint density at radius 1 is 1.41 bits per heavy atom. The molecular formula is C16H26N4O2. The number of pyridine rings is 1. The zero-order chi connectivity index (χ0) is 15.8. The number of rotatable bonds is 7. The molecule has 0 saturated carbocycles. The van der Waals surface area contributed by atoms with Crippen LogP contribution in [0.5, 0.6) is 0 Å². The van der Waals surface area contributed by atoms with Gasteiger partial charge in [-0.15, -0.1) is 0 Å². The third-order valence-corrected chi connectivity index (χ3v) is 3.84. The number of nitrogens with zero attached hydrogens (tertiary/aromatic N) is 2. The molecule has 1 atom stereocenters. The van der Waals surface area contributed by atoms with E-state index in [-0.39, 0.29) is 5.91 Å². The molecule has 1 aromatic rings. The summed E-state index contributed by atoms with van der Waals surface area (Å²) in [5.74, 6) is -0.0754. The van der Waals surface area contributed by atoms with Crippen LogP contribution in [-0.2, 0) is 4.74 Å². The summed E-state index contributed by atoms with van der Waals surface area (Å²) in [6.45, 7) is 9.15. The zero-order valence-electron chi connectivity index (χ0n) is 13.5. The Morgan fingerprint density at radius 3 is 2.91 bits per heavy atom. The van der Waals surface area contributed by atoms with E-state index in [1.165, 1.54) is 0 Å². The minimum Gasteiger partial charge on any atom is -0.381 e. The first-order valence-electron chi connectivity index (χ1n) is 7.99. The second-order valence-electron chi connectivity index (χ2n) is 5.63. The van der Waals surface area contributed by atoms with Crippen molar-refractivity contribution < 1.29 is 9.53 Å². The Morgan fingerprint density at radius 2 is 2.18 bits per heavy atom. The van der Waals surface area contributed by atoms with Gasteiger partial charge in [0.15, 0.2) is 0 Å². The number of carbonyl (C=O) groups is 1. The van der Waals surface area contributed by atoms with E-state index in [1.807, 2.05) is 6.07 Å². The lowest BCUT2D eigenvalue weighted by atomic mass is 10.2. The van der Waals surface area contributed by atoms with Gasteiger partial charge in [0.05, 0.1) is 24.5 Å². The standard InChI is InChI=1S/C16H26N4O2/c1-3-13(2)19-15-10-14(11-17-12-15)16(21)18-4-5-20-6-8-22-9-7-20/h10-13,19H,3-9H2,1-2H3,(H,18,21). The van der Waals surface area contributed by atoms with Gasteiger partial charge in [0.2, 0.25) is 0 Å². The van der Waals surface area contributed by atoms with E-state index >= 15 is 0 Å². The summed E-state index contributed by atoms with van der Waals surface area (Å²) in [6, 6.07) is 2.21. The van der Waals surface area contributed by atoms with Gasteiger partial charge < -0.3 is 15.4 Å². The summed E-state index contributed by atoms with van der Waals surface area (Å²) in [5, 5.41) is 6.28. The van der Waals surface area contributed by atoms with Gasteiger partial charge in [-0.2, -0.15) is 0 Å². The van der Waals surface area contributed by atoms with Crippen LogP contribution in [-0.4, -0.2) is 61.2 Å². The average molecular weight is 306 g/mol. The third kappa shape index (κ3) is 5.27. The van der Waals surface area contributed by atoms with Gasteiger partial charge in [-0.05, 0) is 19.4 Å². The average Bonchev–Trinajstić information content (AvgIpc) is 2.56. The van der Waals surface area contributed by atoms with E-state index in [2.05, 4.69) is 34.4 Å². The highest BCUT2D eigenvalue weighted by molar-refractivity contribution is 5.94. The molecule has 6 nitrogen and oxygen atoms in total. The maximum Gasteiger partial charge on any atom is 0.252 e. The number of anilines is 1. The minimum absolute atomic E-state index is 0.0754. The van der Waals surface area contributed by atoms with Crippen molar-refractivity contribution >= 4 is 11.6 Å². The van der Waals surface area contributed by atoms with Crippen LogP contribution in [0.2, 0.25) is 0 Å². The van der Waals surface area contributed by atoms with Crippen molar-refractivity contribution in [2.75, 3.05) is 44.7 Å². The summed E-state index contributed by atoms with van der Waals surface area (Å²) in [4.78, 5) is 18.6. The molecule has 0 spiro atoms. The molecule has 1 aliphatic rings. The fourth-order valence-corrected chi connectivity index (χ4v) is 2.28. The maximum absolute atomic E-state index is 12.2. The monoisotopic (exact) mass is 306 g/mol. The molecule has 1 aliphatic heterocycles. The van der Waals surface area contributed by atoms with Crippen molar-refractivity contribution in [3.05, 3.63) is 24.0 Å². The molecule has 0 radical (unpaired) electrons. The summed E-state index contributed by atoms with van der Waals surface area (Å²) < 4.78 is 5.31. The van der Waals surface area contributed by atoms with E-state index in [1.54, 1.807) is 12.4 Å². The molecule has 122 valence electrons. The summed E-state index contributed by atoms with van der Waals surface area (Å²) in [7, 11) is 0. The second-order valence-corrected chi connectivity index (χ2v) is 5.63. The minimum atomic E-state index is -0.0754. The summed E-state index contributed by atoms with van der Waals surface area (Å²) in [6.07, 6.45) is 4.37. The van der Waals surface area contributed by atoms with E-state index in [0.29, 0.717) is 18.2 Å². The molecule has 2 rings (SSSR count). The van der Waals surface area contributed by atoms with Crippen molar-refractivity contribution in [2.45, 2.75) is 26.3 Å². The zero-order valence-corrected chi connectivity index (χ0v) is 13.5. The molecular weight excluding hydrogens is 280 g/mol. The van der Waals surface area contributed by atoms with Crippen LogP contribution in [0, 0.1) is 0 Å². The molecule has 2 heterocycles. The Balaban J connectivity index is 1.80. The molecule has 1 fully saturated rings. The lowest BCUT2D eigenvalue weighted by Gasteiger charge is -2.26. The highest BCUT2D eigenvalue weighted by atomic mass is 16.5. The topological polar surface area (TPSA) is 66.5 Å². The maximum atomic E-state index is 12.2. The van der Waals surface area contributed by atoms with E-state index in [0.717, 1.165) is 45.0 Å². The van der Waals surface area contributed by atoms with Crippen LogP contribution in [0.3, 0.4) is 0 Å². The number of morpholine rings is 1. The predicted molar refractivity (Wildman–Crippen MR) is 87.2 cm³/mol. The summed E-state index contributed by atoms with van der Waals surface area (Å²) in [5.41, 5.74) is 1.48. The van der Waals surface area contributed by atoms with E-state index in [9.17, 15) is 4.79 Å². The molecule has 2 N–H and O–H groups in total. The molecule has 1 aromatic heterocycles. The molecule has 6 heteroatoms. The van der Waals surface area contributed by atoms with Gasteiger partial charge in [-0.25, -0.2) is 0 Å². The Kier molecular flexibility index (Phi) is 6.61. The SMILES string of the molecule is CCC(C)Nc1cncc(C(=O)NCCN2CCOCC2)c1. The molecule has 0 aliphatic carbocycles. The van der Waals surface area contributed by atoms with Crippen molar-refractivity contribution in [3.8, 4) is 0 Å². The van der Waals surface area contributed by atoms with E-state index in [4.69, 9.17) is 4.74 Å². The molecule has 1 amide bonds. The normalized spacial score (nSPS) is 17.0. The van der Waals surface area contributed by atoms with E-state index < -0.39 is 0 Å². The second kappa shape index (κ2) is 8.70. The van der Waals surface area contributed by atoms with Crippen LogP contribution >= 0.6 is 0 Å². The molecule has 1 unspecified atom stereocenters. The highest BCUT2D eigenvalue weighted by Crippen LogP contribution is 2.10. The first kappa shape index (κ1) is 16.7. The number of aromatic nitrogens is 1. The van der Waals surface area contributed by atoms with Gasteiger partial charge in [0.1, 0.15) is 0 Å². The fourth-order valence-electron chi connectivity index (χ4n) is 2.28. The molecule has 0 aromatic carbocycles. The third-order valence-electron chi connectivity index (χ3n) is 3.84. The molecule has 0 bridgehead atoms. The Hall–Kier alpha value is -1.66. The van der Waals surface area contributed by atoms with Crippen molar-refractivity contribution in [3.63, 3.8) is 0 Å². The van der Waals surface area contributed by atoms with Crippen molar-refractivity contribution in [2.24, 2.45) is 0 Å². The first-order valence-corrected chi connectivity index (χ1v) is 7.99. The molecule has 1 saturated heterocycles.